The van der Waals surface area contributed by atoms with Gasteiger partial charge in [-0.1, -0.05) is 12.1 Å². The summed E-state index contributed by atoms with van der Waals surface area (Å²) in [5.74, 6) is 0.374. The fraction of sp³-hybridized carbons (Fsp3) is 0.167. The van der Waals surface area contributed by atoms with Crippen LogP contribution in [0.4, 0.5) is 0 Å². The summed E-state index contributed by atoms with van der Waals surface area (Å²) in [5.41, 5.74) is 3.52. The van der Waals surface area contributed by atoms with Crippen LogP contribution in [-0.4, -0.2) is 38.9 Å². The number of amides is 1. The number of ether oxygens (including phenoxy) is 3. The Kier molecular flexibility index (Phi) is 7.16. The zero-order valence-electron chi connectivity index (χ0n) is 14.2. The number of carbonyl (C=O) groups is 2. The third-order valence-corrected chi connectivity index (χ3v) is 3.85. The van der Waals surface area contributed by atoms with Gasteiger partial charge in [-0.2, -0.15) is 5.10 Å². The third-order valence-electron chi connectivity index (χ3n) is 3.23. The number of hydrogen-bond donors (Lipinski definition) is 1. The highest BCUT2D eigenvalue weighted by molar-refractivity contribution is 9.10. The van der Waals surface area contributed by atoms with Gasteiger partial charge in [-0.25, -0.2) is 10.2 Å². The van der Waals surface area contributed by atoms with Crippen molar-refractivity contribution in [3.05, 3.63) is 58.1 Å². The molecular weight excluding hydrogens is 404 g/mol. The van der Waals surface area contributed by atoms with Crippen molar-refractivity contribution in [2.75, 3.05) is 20.8 Å². The van der Waals surface area contributed by atoms with Gasteiger partial charge in [0.2, 0.25) is 0 Å². The average Bonchev–Trinajstić information content (AvgIpc) is 2.66. The molecule has 0 radical (unpaired) electrons. The fourth-order valence-corrected chi connectivity index (χ4v) is 2.38. The van der Waals surface area contributed by atoms with Gasteiger partial charge >= 0.3 is 5.97 Å². The summed E-state index contributed by atoms with van der Waals surface area (Å²) in [5, 5.41) is 3.85. The highest BCUT2D eigenvalue weighted by Crippen LogP contribution is 2.28. The smallest absolute Gasteiger partial charge is 0.337 e. The first kappa shape index (κ1) is 19.5. The zero-order chi connectivity index (χ0) is 18.9. The molecule has 0 bridgehead atoms. The number of carbonyl (C=O) groups excluding carboxylic acids is 2. The molecule has 0 spiro atoms. The Labute approximate surface area is 159 Å². The number of halogens is 1. The molecule has 2 rings (SSSR count). The fourth-order valence-electron chi connectivity index (χ4n) is 1.90. The molecule has 2 aromatic rings. The Morgan fingerprint density at radius 3 is 2.50 bits per heavy atom. The molecule has 0 saturated heterocycles. The molecule has 7 nitrogen and oxygen atoms in total. The van der Waals surface area contributed by atoms with Gasteiger partial charge in [-0.3, -0.25) is 4.79 Å². The van der Waals surface area contributed by atoms with E-state index in [1.807, 2.05) is 0 Å². The van der Waals surface area contributed by atoms with Crippen LogP contribution < -0.4 is 14.9 Å². The second-order valence-corrected chi connectivity index (χ2v) is 5.85. The van der Waals surface area contributed by atoms with Crippen molar-refractivity contribution in [3.63, 3.8) is 0 Å². The van der Waals surface area contributed by atoms with Gasteiger partial charge < -0.3 is 14.2 Å². The van der Waals surface area contributed by atoms with Gasteiger partial charge in [-0.05, 0) is 51.8 Å². The molecule has 0 aliphatic heterocycles. The lowest BCUT2D eigenvalue weighted by Crippen LogP contribution is -2.24. The van der Waals surface area contributed by atoms with Gasteiger partial charge in [0.15, 0.2) is 6.61 Å². The Morgan fingerprint density at radius 1 is 1.15 bits per heavy atom. The molecule has 26 heavy (non-hydrogen) atoms. The van der Waals surface area contributed by atoms with Crippen molar-refractivity contribution in [2.24, 2.45) is 5.10 Å². The highest BCUT2D eigenvalue weighted by atomic mass is 79.9. The summed E-state index contributed by atoms with van der Waals surface area (Å²) in [6.45, 7) is -0.191. The first-order valence-corrected chi connectivity index (χ1v) is 8.29. The Morgan fingerprint density at radius 2 is 1.88 bits per heavy atom. The van der Waals surface area contributed by atoms with E-state index < -0.39 is 11.9 Å². The molecule has 2 aromatic carbocycles. The highest BCUT2D eigenvalue weighted by Gasteiger charge is 2.06. The molecule has 0 atom stereocenters. The standard InChI is InChI=1S/C18H17BrN2O5/c1-24-14-7-8-16(15(19)9-14)26-11-17(22)21-20-10-12-3-5-13(6-4-12)18(23)25-2/h3-10H,11H2,1-2H3,(H,21,22)/b20-10+. The number of nitrogens with one attached hydrogen (secondary N) is 1. The van der Waals surface area contributed by atoms with Crippen LogP contribution in [0.15, 0.2) is 52.0 Å². The van der Waals surface area contributed by atoms with Crippen molar-refractivity contribution in [2.45, 2.75) is 0 Å². The van der Waals surface area contributed by atoms with E-state index >= 15 is 0 Å². The van der Waals surface area contributed by atoms with Gasteiger partial charge in [-0.15, -0.1) is 0 Å². The molecule has 0 saturated carbocycles. The molecule has 0 aromatic heterocycles. The molecule has 8 heteroatoms. The lowest BCUT2D eigenvalue weighted by Gasteiger charge is -2.08. The van der Waals surface area contributed by atoms with Crippen LogP contribution in [0.1, 0.15) is 15.9 Å². The van der Waals surface area contributed by atoms with Crippen molar-refractivity contribution in [1.29, 1.82) is 0 Å². The molecular formula is C18H17BrN2O5. The number of rotatable bonds is 7. The van der Waals surface area contributed by atoms with E-state index in [1.165, 1.54) is 13.3 Å². The summed E-state index contributed by atoms with van der Waals surface area (Å²) in [7, 11) is 2.89. The normalized spacial score (nSPS) is 10.4. The zero-order valence-corrected chi connectivity index (χ0v) is 15.8. The lowest BCUT2D eigenvalue weighted by atomic mass is 10.1. The van der Waals surface area contributed by atoms with Crippen LogP contribution in [0.5, 0.6) is 11.5 Å². The van der Waals surface area contributed by atoms with Gasteiger partial charge in [0, 0.05) is 0 Å². The van der Waals surface area contributed by atoms with Crippen LogP contribution >= 0.6 is 15.9 Å². The SMILES string of the molecule is COC(=O)c1ccc(/C=N/NC(=O)COc2ccc(OC)cc2Br)cc1. The predicted molar refractivity (Wildman–Crippen MR) is 99.7 cm³/mol. The maximum absolute atomic E-state index is 11.8. The topological polar surface area (TPSA) is 86.2 Å². The number of esters is 1. The van der Waals surface area contributed by atoms with E-state index in [1.54, 1.807) is 49.6 Å². The maximum Gasteiger partial charge on any atom is 0.337 e. The predicted octanol–water partition coefficient (Wildman–Crippen LogP) is 2.77. The Bertz CT molecular complexity index is 806. The van der Waals surface area contributed by atoms with E-state index in [2.05, 4.69) is 31.2 Å². The average molecular weight is 421 g/mol. The van der Waals surface area contributed by atoms with Crippen molar-refractivity contribution in [3.8, 4) is 11.5 Å². The van der Waals surface area contributed by atoms with E-state index in [0.29, 0.717) is 21.5 Å². The van der Waals surface area contributed by atoms with Crippen molar-refractivity contribution < 1.29 is 23.8 Å². The summed E-state index contributed by atoms with van der Waals surface area (Å²) in [6, 6.07) is 11.8. The summed E-state index contributed by atoms with van der Waals surface area (Å²) in [6.07, 6.45) is 1.46. The van der Waals surface area contributed by atoms with E-state index in [0.717, 1.165) is 5.56 Å². The van der Waals surface area contributed by atoms with E-state index in [-0.39, 0.29) is 6.61 Å². The van der Waals surface area contributed by atoms with Gasteiger partial charge in [0.25, 0.3) is 5.91 Å². The minimum atomic E-state index is -0.413. The van der Waals surface area contributed by atoms with Crippen LogP contribution in [-0.2, 0) is 9.53 Å². The van der Waals surface area contributed by atoms with Crippen LogP contribution in [0.25, 0.3) is 0 Å². The molecule has 0 heterocycles. The lowest BCUT2D eigenvalue weighted by molar-refractivity contribution is -0.123. The molecule has 0 aliphatic rings. The van der Waals surface area contributed by atoms with Gasteiger partial charge in [0.05, 0.1) is 30.5 Å². The number of hydrogen-bond acceptors (Lipinski definition) is 6. The van der Waals surface area contributed by atoms with Crippen LogP contribution in [0, 0.1) is 0 Å². The molecule has 1 N–H and O–H groups in total. The number of nitrogens with zero attached hydrogens (tertiary/aromatic N) is 1. The first-order valence-electron chi connectivity index (χ1n) is 7.50. The number of benzene rings is 2. The summed E-state index contributed by atoms with van der Waals surface area (Å²) in [4.78, 5) is 23.1. The number of hydrazone groups is 1. The Balaban J connectivity index is 1.83. The van der Waals surface area contributed by atoms with Crippen LogP contribution in [0.2, 0.25) is 0 Å². The molecule has 136 valence electrons. The van der Waals surface area contributed by atoms with E-state index in [4.69, 9.17) is 9.47 Å². The van der Waals surface area contributed by atoms with Crippen LogP contribution in [0.3, 0.4) is 0 Å². The summed E-state index contributed by atoms with van der Waals surface area (Å²) >= 11 is 3.34. The molecule has 1 amide bonds. The first-order chi connectivity index (χ1) is 12.5. The minimum absolute atomic E-state index is 0.191. The van der Waals surface area contributed by atoms with Gasteiger partial charge in [0.1, 0.15) is 11.5 Å². The van der Waals surface area contributed by atoms with E-state index in [9.17, 15) is 9.59 Å². The molecule has 0 aliphatic carbocycles. The second-order valence-electron chi connectivity index (χ2n) is 4.99. The largest absolute Gasteiger partial charge is 0.497 e. The molecule has 0 fully saturated rings. The maximum atomic E-state index is 11.8. The monoisotopic (exact) mass is 420 g/mol. The van der Waals surface area contributed by atoms with Crippen molar-refractivity contribution >= 4 is 34.0 Å². The minimum Gasteiger partial charge on any atom is -0.497 e. The van der Waals surface area contributed by atoms with Crippen molar-refractivity contribution in [1.82, 2.24) is 5.43 Å². The molecule has 0 unspecified atom stereocenters. The number of methoxy groups -OCH3 is 2. The second kappa shape index (κ2) is 9.57. The summed E-state index contributed by atoms with van der Waals surface area (Å²) < 4.78 is 15.8. The third kappa shape index (κ3) is 5.59. The Hall–Kier alpha value is -2.87. The quantitative estimate of drug-likeness (QED) is 0.422.